The molecule has 6 heteroatoms. The van der Waals surface area contributed by atoms with Gasteiger partial charge in [-0.25, -0.2) is 4.99 Å². The maximum atomic E-state index is 10.9. The van der Waals surface area contributed by atoms with Crippen LogP contribution in [0.3, 0.4) is 0 Å². The molecule has 1 aromatic heterocycles. The van der Waals surface area contributed by atoms with Gasteiger partial charge in [-0.15, -0.1) is 0 Å². The minimum atomic E-state index is -1.05. The zero-order chi connectivity index (χ0) is 19.4. The number of guanidine groups is 1. The highest BCUT2D eigenvalue weighted by Crippen LogP contribution is 2.34. The van der Waals surface area contributed by atoms with Crippen LogP contribution >= 0.6 is 0 Å². The van der Waals surface area contributed by atoms with Crippen molar-refractivity contribution in [1.29, 1.82) is 0 Å². The molecule has 0 saturated heterocycles. The van der Waals surface area contributed by atoms with E-state index in [4.69, 9.17) is 4.42 Å². The number of aliphatic hydroxyl groups is 1. The summed E-state index contributed by atoms with van der Waals surface area (Å²) >= 11 is 0. The van der Waals surface area contributed by atoms with Gasteiger partial charge in [-0.05, 0) is 65.4 Å². The Morgan fingerprint density at radius 1 is 1.30 bits per heavy atom. The predicted octanol–water partition coefficient (Wildman–Crippen LogP) is 2.53. The number of hydrogen-bond donors (Lipinski definition) is 3. The van der Waals surface area contributed by atoms with Crippen LogP contribution in [0, 0.1) is 19.8 Å². The fraction of sp³-hybridized carbons (Fsp3) is 0.762. The first-order chi connectivity index (χ1) is 12.9. The highest BCUT2D eigenvalue weighted by Gasteiger charge is 2.33. The van der Waals surface area contributed by atoms with Gasteiger partial charge in [0.1, 0.15) is 17.1 Å². The van der Waals surface area contributed by atoms with Crippen molar-refractivity contribution in [3.05, 3.63) is 23.2 Å². The molecule has 27 heavy (non-hydrogen) atoms. The van der Waals surface area contributed by atoms with E-state index >= 15 is 0 Å². The van der Waals surface area contributed by atoms with E-state index in [1.807, 2.05) is 19.9 Å². The lowest BCUT2D eigenvalue weighted by Crippen LogP contribution is -2.43. The maximum Gasteiger partial charge on any atom is 0.191 e. The van der Waals surface area contributed by atoms with Gasteiger partial charge in [-0.1, -0.05) is 0 Å². The van der Waals surface area contributed by atoms with Gasteiger partial charge < -0.3 is 20.2 Å². The molecule has 2 fully saturated rings. The molecule has 0 aromatic carbocycles. The number of nitrogens with zero attached hydrogens (tertiary/aromatic N) is 2. The van der Waals surface area contributed by atoms with Gasteiger partial charge in [-0.3, -0.25) is 4.90 Å². The molecule has 2 saturated carbocycles. The smallest absolute Gasteiger partial charge is 0.191 e. The summed E-state index contributed by atoms with van der Waals surface area (Å²) in [6.45, 7) is 11.9. The van der Waals surface area contributed by atoms with E-state index in [9.17, 15) is 5.11 Å². The van der Waals surface area contributed by atoms with E-state index in [2.05, 4.69) is 27.4 Å². The minimum absolute atomic E-state index is 0.288. The maximum absolute atomic E-state index is 10.9. The average molecular weight is 377 g/mol. The molecular weight excluding hydrogens is 340 g/mol. The summed E-state index contributed by atoms with van der Waals surface area (Å²) in [5, 5.41) is 17.6. The molecule has 3 rings (SSSR count). The summed E-state index contributed by atoms with van der Waals surface area (Å²) in [6, 6.07) is 2.70. The first-order valence-electron chi connectivity index (χ1n) is 10.4. The third-order valence-electron chi connectivity index (χ3n) is 5.45. The lowest BCUT2D eigenvalue weighted by atomic mass is 9.96. The highest BCUT2D eigenvalue weighted by atomic mass is 16.3. The van der Waals surface area contributed by atoms with Crippen LogP contribution in [0.4, 0.5) is 0 Å². The Labute approximate surface area is 163 Å². The van der Waals surface area contributed by atoms with E-state index in [1.165, 1.54) is 32.2 Å². The number of hydrogen-bond acceptors (Lipinski definition) is 4. The lowest BCUT2D eigenvalue weighted by molar-refractivity contribution is 0.0657. The molecule has 1 atom stereocenters. The standard InChI is InChI=1S/C21H36N4O2/c1-5-22-20(23-10-11-25(18-8-9-18)13-17-6-7-17)24-14-21(4,26)19-12-15(2)27-16(19)3/h12,17-18,26H,5-11,13-14H2,1-4H3,(H2,22,23,24). The van der Waals surface area contributed by atoms with Crippen molar-refractivity contribution in [1.82, 2.24) is 15.5 Å². The first kappa shape index (κ1) is 20.2. The van der Waals surface area contributed by atoms with Crippen molar-refractivity contribution in [3.63, 3.8) is 0 Å². The third-order valence-corrected chi connectivity index (χ3v) is 5.45. The van der Waals surface area contributed by atoms with Crippen LogP contribution in [-0.4, -0.2) is 54.7 Å². The SMILES string of the molecule is CCNC(=NCC(C)(O)c1cc(C)oc1C)NCCN(CC1CC1)C1CC1. The monoisotopic (exact) mass is 376 g/mol. The Balaban J connectivity index is 1.53. The summed E-state index contributed by atoms with van der Waals surface area (Å²) < 4.78 is 5.57. The lowest BCUT2D eigenvalue weighted by Gasteiger charge is -2.24. The van der Waals surface area contributed by atoms with Crippen LogP contribution in [0.5, 0.6) is 0 Å². The van der Waals surface area contributed by atoms with E-state index in [0.29, 0.717) is 0 Å². The Kier molecular flexibility index (Phi) is 6.48. The van der Waals surface area contributed by atoms with E-state index < -0.39 is 5.60 Å². The van der Waals surface area contributed by atoms with Crippen LogP contribution in [0.25, 0.3) is 0 Å². The summed E-state index contributed by atoms with van der Waals surface area (Å²) in [7, 11) is 0. The normalized spacial score (nSPS) is 20.0. The first-order valence-corrected chi connectivity index (χ1v) is 10.4. The molecule has 0 spiro atoms. The molecule has 3 N–H and O–H groups in total. The van der Waals surface area contributed by atoms with Gasteiger partial charge >= 0.3 is 0 Å². The van der Waals surface area contributed by atoms with Crippen LogP contribution in [0.15, 0.2) is 15.5 Å². The van der Waals surface area contributed by atoms with Crippen molar-refractivity contribution in [2.75, 3.05) is 32.7 Å². The largest absolute Gasteiger partial charge is 0.466 e. The van der Waals surface area contributed by atoms with Gasteiger partial charge in [0.05, 0.1) is 6.54 Å². The van der Waals surface area contributed by atoms with Crippen LogP contribution < -0.4 is 10.6 Å². The van der Waals surface area contributed by atoms with Gasteiger partial charge in [0.15, 0.2) is 5.96 Å². The summed E-state index contributed by atoms with van der Waals surface area (Å²) in [6.07, 6.45) is 5.52. The second kappa shape index (κ2) is 8.65. The fourth-order valence-electron chi connectivity index (χ4n) is 3.64. The molecule has 1 heterocycles. The molecule has 2 aliphatic carbocycles. The topological polar surface area (TPSA) is 73.0 Å². The number of aryl methyl sites for hydroxylation is 2. The van der Waals surface area contributed by atoms with E-state index in [1.54, 1.807) is 6.92 Å². The molecule has 1 aromatic rings. The van der Waals surface area contributed by atoms with Crippen LogP contribution in [0.2, 0.25) is 0 Å². The molecule has 0 bridgehead atoms. The second-order valence-corrected chi connectivity index (χ2v) is 8.39. The second-order valence-electron chi connectivity index (χ2n) is 8.39. The molecule has 6 nitrogen and oxygen atoms in total. The number of rotatable bonds is 10. The van der Waals surface area contributed by atoms with Crippen molar-refractivity contribution in [3.8, 4) is 0 Å². The fourth-order valence-corrected chi connectivity index (χ4v) is 3.64. The van der Waals surface area contributed by atoms with Gasteiger partial charge in [0.25, 0.3) is 0 Å². The van der Waals surface area contributed by atoms with Gasteiger partial charge in [0, 0.05) is 37.8 Å². The van der Waals surface area contributed by atoms with E-state index in [0.717, 1.165) is 54.6 Å². The summed E-state index contributed by atoms with van der Waals surface area (Å²) in [4.78, 5) is 7.27. The number of nitrogens with one attached hydrogen (secondary N) is 2. The van der Waals surface area contributed by atoms with Crippen molar-refractivity contribution in [2.45, 2.75) is 65.0 Å². The quantitative estimate of drug-likeness (QED) is 0.432. The molecule has 2 aliphatic rings. The summed E-state index contributed by atoms with van der Waals surface area (Å²) in [5.41, 5.74) is -0.236. The van der Waals surface area contributed by atoms with E-state index in [-0.39, 0.29) is 6.54 Å². The minimum Gasteiger partial charge on any atom is -0.466 e. The van der Waals surface area contributed by atoms with Crippen molar-refractivity contribution < 1.29 is 9.52 Å². The highest BCUT2D eigenvalue weighted by molar-refractivity contribution is 5.79. The molecule has 1 unspecified atom stereocenters. The zero-order valence-corrected chi connectivity index (χ0v) is 17.3. The Bertz CT molecular complexity index is 645. The third kappa shape index (κ3) is 5.98. The van der Waals surface area contributed by atoms with Gasteiger partial charge in [0.2, 0.25) is 0 Å². The Hall–Kier alpha value is -1.53. The Morgan fingerprint density at radius 3 is 2.59 bits per heavy atom. The van der Waals surface area contributed by atoms with Crippen LogP contribution in [0.1, 0.15) is 56.6 Å². The predicted molar refractivity (Wildman–Crippen MR) is 109 cm³/mol. The molecule has 0 amide bonds. The van der Waals surface area contributed by atoms with Crippen LogP contribution in [-0.2, 0) is 5.60 Å². The summed E-state index contributed by atoms with van der Waals surface area (Å²) in [5.74, 6) is 3.26. The molecule has 0 radical (unpaired) electrons. The number of furan rings is 1. The average Bonchev–Trinajstić information content (AvgIpc) is 3.51. The Morgan fingerprint density at radius 2 is 2.04 bits per heavy atom. The number of aliphatic imine (C=N–C) groups is 1. The molecule has 152 valence electrons. The van der Waals surface area contributed by atoms with Gasteiger partial charge in [-0.2, -0.15) is 0 Å². The molecule has 0 aliphatic heterocycles. The van der Waals surface area contributed by atoms with Crippen molar-refractivity contribution >= 4 is 5.96 Å². The molecular formula is C21H36N4O2. The zero-order valence-electron chi connectivity index (χ0n) is 17.3. The van der Waals surface area contributed by atoms with Crippen molar-refractivity contribution in [2.24, 2.45) is 10.9 Å².